The van der Waals surface area contributed by atoms with Crippen LogP contribution in [0.5, 0.6) is 5.88 Å². The van der Waals surface area contributed by atoms with E-state index in [1.807, 2.05) is 12.1 Å². The average molecular weight is 349 g/mol. The standard InChI is InChI=1S/C18H21ClN2O3/c1-12-3-2-4-15(12)21-17(23)11-16(22)20(18(21)24)10-9-13-5-7-14(19)8-6-13/h5-8,11-12,15,22H,2-4,9-10H2,1H3/t12-,15+/m0/s1. The summed E-state index contributed by atoms with van der Waals surface area (Å²) < 4.78 is 2.60. The highest BCUT2D eigenvalue weighted by molar-refractivity contribution is 6.30. The van der Waals surface area contributed by atoms with Crippen molar-refractivity contribution in [3.8, 4) is 5.88 Å². The van der Waals surface area contributed by atoms with Crippen molar-refractivity contribution >= 4 is 11.6 Å². The molecule has 6 heteroatoms. The molecule has 0 radical (unpaired) electrons. The van der Waals surface area contributed by atoms with Gasteiger partial charge < -0.3 is 5.11 Å². The van der Waals surface area contributed by atoms with Crippen LogP contribution in [0.15, 0.2) is 39.9 Å². The molecule has 3 rings (SSSR count). The Morgan fingerprint density at radius 1 is 1.21 bits per heavy atom. The van der Waals surface area contributed by atoms with Gasteiger partial charge in [0.15, 0.2) is 0 Å². The van der Waals surface area contributed by atoms with Crippen LogP contribution in [-0.4, -0.2) is 14.2 Å². The van der Waals surface area contributed by atoms with E-state index in [9.17, 15) is 14.7 Å². The third-order valence-electron chi connectivity index (χ3n) is 4.89. The number of aromatic nitrogens is 2. The van der Waals surface area contributed by atoms with Gasteiger partial charge in [0, 0.05) is 17.6 Å². The summed E-state index contributed by atoms with van der Waals surface area (Å²) in [5.74, 6) is 0.0190. The largest absolute Gasteiger partial charge is 0.494 e. The van der Waals surface area contributed by atoms with E-state index in [1.54, 1.807) is 12.1 Å². The number of aromatic hydroxyl groups is 1. The lowest BCUT2D eigenvalue weighted by Crippen LogP contribution is -2.42. The Morgan fingerprint density at radius 3 is 2.54 bits per heavy atom. The van der Waals surface area contributed by atoms with Crippen LogP contribution < -0.4 is 11.2 Å². The molecule has 2 aromatic rings. The number of hydrogen-bond acceptors (Lipinski definition) is 3. The van der Waals surface area contributed by atoms with Crippen LogP contribution in [0.1, 0.15) is 37.8 Å². The van der Waals surface area contributed by atoms with E-state index in [2.05, 4.69) is 6.92 Å². The van der Waals surface area contributed by atoms with Crippen molar-refractivity contribution in [2.45, 2.75) is 45.2 Å². The number of benzene rings is 1. The molecule has 0 bridgehead atoms. The van der Waals surface area contributed by atoms with Crippen LogP contribution in [0.3, 0.4) is 0 Å². The molecule has 1 fully saturated rings. The van der Waals surface area contributed by atoms with E-state index in [0.717, 1.165) is 30.9 Å². The number of halogens is 1. The molecule has 1 aromatic heterocycles. The molecule has 1 saturated carbocycles. The monoisotopic (exact) mass is 348 g/mol. The molecule has 1 heterocycles. The minimum Gasteiger partial charge on any atom is -0.494 e. The highest BCUT2D eigenvalue weighted by Crippen LogP contribution is 2.33. The summed E-state index contributed by atoms with van der Waals surface area (Å²) in [6.07, 6.45) is 3.44. The van der Waals surface area contributed by atoms with Crippen molar-refractivity contribution in [3.63, 3.8) is 0 Å². The lowest BCUT2D eigenvalue weighted by Gasteiger charge is -2.19. The lowest BCUT2D eigenvalue weighted by molar-refractivity contribution is 0.343. The summed E-state index contributed by atoms with van der Waals surface area (Å²) >= 11 is 5.87. The van der Waals surface area contributed by atoms with E-state index >= 15 is 0 Å². The Labute approximate surface area is 145 Å². The second kappa shape index (κ2) is 6.85. The van der Waals surface area contributed by atoms with Gasteiger partial charge in [0.05, 0.1) is 6.07 Å². The molecule has 0 saturated heterocycles. The zero-order valence-corrected chi connectivity index (χ0v) is 14.4. The van der Waals surface area contributed by atoms with E-state index < -0.39 is 11.2 Å². The second-order valence-electron chi connectivity index (χ2n) is 6.50. The molecular formula is C18H21ClN2O3. The first-order chi connectivity index (χ1) is 11.5. The minimum atomic E-state index is -0.423. The summed E-state index contributed by atoms with van der Waals surface area (Å²) in [6, 6.07) is 8.43. The van der Waals surface area contributed by atoms with Crippen LogP contribution in [0.2, 0.25) is 5.02 Å². The molecular weight excluding hydrogens is 328 g/mol. The highest BCUT2D eigenvalue weighted by atomic mass is 35.5. The smallest absolute Gasteiger partial charge is 0.334 e. The molecule has 0 amide bonds. The molecule has 1 aliphatic rings. The normalized spacial score (nSPS) is 20.4. The first-order valence-electron chi connectivity index (χ1n) is 8.27. The molecule has 0 spiro atoms. The molecule has 1 N–H and O–H groups in total. The molecule has 1 aliphatic carbocycles. The number of aryl methyl sites for hydroxylation is 1. The summed E-state index contributed by atoms with van der Waals surface area (Å²) in [4.78, 5) is 25.0. The van der Waals surface area contributed by atoms with Crippen molar-refractivity contribution in [3.05, 3.63) is 61.8 Å². The fourth-order valence-electron chi connectivity index (χ4n) is 3.50. The maximum Gasteiger partial charge on any atom is 0.334 e. The van der Waals surface area contributed by atoms with Gasteiger partial charge in [-0.25, -0.2) is 4.79 Å². The molecule has 1 aromatic carbocycles. The number of hydrogen-bond donors (Lipinski definition) is 1. The zero-order valence-electron chi connectivity index (χ0n) is 13.6. The fraction of sp³-hybridized carbons (Fsp3) is 0.444. The Morgan fingerprint density at radius 2 is 1.92 bits per heavy atom. The van der Waals surface area contributed by atoms with E-state index in [4.69, 9.17) is 11.6 Å². The maximum atomic E-state index is 12.8. The fourth-order valence-corrected chi connectivity index (χ4v) is 3.62. The number of nitrogens with zero attached hydrogens (tertiary/aromatic N) is 2. The predicted molar refractivity (Wildman–Crippen MR) is 93.8 cm³/mol. The Bertz CT molecular complexity index is 839. The molecule has 128 valence electrons. The Kier molecular flexibility index (Phi) is 4.81. The van der Waals surface area contributed by atoms with Crippen LogP contribution in [0.25, 0.3) is 0 Å². The SMILES string of the molecule is C[C@H]1CCC[C@H]1n1c(=O)cc(O)n(CCc2ccc(Cl)cc2)c1=O. The summed E-state index contributed by atoms with van der Waals surface area (Å²) in [6.45, 7) is 2.38. The van der Waals surface area contributed by atoms with Crippen molar-refractivity contribution in [1.29, 1.82) is 0 Å². The second-order valence-corrected chi connectivity index (χ2v) is 6.93. The van der Waals surface area contributed by atoms with Gasteiger partial charge in [-0.15, -0.1) is 0 Å². The van der Waals surface area contributed by atoms with Gasteiger partial charge in [-0.2, -0.15) is 0 Å². The van der Waals surface area contributed by atoms with Gasteiger partial charge in [0.1, 0.15) is 0 Å². The van der Waals surface area contributed by atoms with Gasteiger partial charge in [-0.05, 0) is 42.9 Å². The van der Waals surface area contributed by atoms with Crippen LogP contribution >= 0.6 is 11.6 Å². The van der Waals surface area contributed by atoms with Gasteiger partial charge in [-0.3, -0.25) is 13.9 Å². The third kappa shape index (κ3) is 3.26. The third-order valence-corrected chi connectivity index (χ3v) is 5.14. The molecule has 5 nitrogen and oxygen atoms in total. The van der Waals surface area contributed by atoms with Crippen molar-refractivity contribution < 1.29 is 5.11 Å². The van der Waals surface area contributed by atoms with Crippen LogP contribution in [0.4, 0.5) is 0 Å². The minimum absolute atomic E-state index is 0.0765. The summed E-state index contributed by atoms with van der Waals surface area (Å²) in [7, 11) is 0. The quantitative estimate of drug-likeness (QED) is 0.923. The van der Waals surface area contributed by atoms with Gasteiger partial charge in [-0.1, -0.05) is 37.1 Å². The maximum absolute atomic E-state index is 12.8. The van der Waals surface area contributed by atoms with E-state index in [0.29, 0.717) is 23.9 Å². The van der Waals surface area contributed by atoms with E-state index in [-0.39, 0.29) is 11.9 Å². The molecule has 24 heavy (non-hydrogen) atoms. The Hall–Kier alpha value is -2.01. The number of rotatable bonds is 4. The molecule has 2 atom stereocenters. The first kappa shape index (κ1) is 16.8. The molecule has 0 aliphatic heterocycles. The predicted octanol–water partition coefficient (Wildman–Crippen LogP) is 2.97. The molecule has 0 unspecified atom stereocenters. The van der Waals surface area contributed by atoms with Gasteiger partial charge in [0.2, 0.25) is 5.88 Å². The van der Waals surface area contributed by atoms with E-state index in [1.165, 1.54) is 9.13 Å². The van der Waals surface area contributed by atoms with Crippen LogP contribution in [0, 0.1) is 5.92 Å². The van der Waals surface area contributed by atoms with Gasteiger partial charge in [0.25, 0.3) is 5.56 Å². The Balaban J connectivity index is 1.91. The van der Waals surface area contributed by atoms with Crippen LogP contribution in [-0.2, 0) is 13.0 Å². The average Bonchev–Trinajstić information content (AvgIpc) is 2.94. The summed E-state index contributed by atoms with van der Waals surface area (Å²) in [5, 5.41) is 10.7. The van der Waals surface area contributed by atoms with Crippen molar-refractivity contribution in [2.75, 3.05) is 0 Å². The highest BCUT2D eigenvalue weighted by Gasteiger charge is 2.28. The van der Waals surface area contributed by atoms with Gasteiger partial charge >= 0.3 is 5.69 Å². The lowest BCUT2D eigenvalue weighted by atomic mass is 10.1. The topological polar surface area (TPSA) is 64.2 Å². The zero-order chi connectivity index (χ0) is 17.3. The van der Waals surface area contributed by atoms with Crippen molar-refractivity contribution in [2.24, 2.45) is 5.92 Å². The summed E-state index contributed by atoms with van der Waals surface area (Å²) in [5.41, 5.74) is 0.171. The van der Waals surface area contributed by atoms with Crippen molar-refractivity contribution in [1.82, 2.24) is 9.13 Å². The first-order valence-corrected chi connectivity index (χ1v) is 8.65.